The Kier molecular flexibility index (Phi) is 8.20. The minimum atomic E-state index is -1.58. The van der Waals surface area contributed by atoms with Crippen molar-refractivity contribution in [1.82, 2.24) is 9.47 Å². The Hall–Kier alpha value is -1.88. The fourth-order valence-corrected chi connectivity index (χ4v) is 8.81. The fraction of sp³-hybridized carbons (Fsp3) is 0.742. The van der Waals surface area contributed by atoms with E-state index < -0.39 is 74.6 Å². The number of benzene rings is 1. The molecule has 4 saturated heterocycles. The normalized spacial score (nSPS) is 45.2. The Morgan fingerprint density at radius 3 is 2.27 bits per heavy atom. The standard InChI is InChI=1S/C31H44N2O11/c1-2-14-7-13-8-18-22(14)32(10-13)6-5-16-17-9-15(42-31-29(41)27(39)25(37)21(12-35)44-31)3-4-19(17)33(23(16)18)30-28(40)26(38)24(36)20(11-34)43-30/h3-4,9,13-14,18,20-22,24-31,34-41H,2,5-8,10-12H2,1H3/t13-,14-,18+,20-,21?,22?,24?,25+,26-,27-,28?,29?,30-,31-/m0/s1. The van der Waals surface area contributed by atoms with Gasteiger partial charge in [0.2, 0.25) is 6.29 Å². The van der Waals surface area contributed by atoms with Crippen LogP contribution in [0.1, 0.15) is 49.6 Å². The molecule has 13 nitrogen and oxygen atoms in total. The molecule has 1 aromatic carbocycles. The molecule has 0 amide bonds. The van der Waals surface area contributed by atoms with Crippen molar-refractivity contribution < 1.29 is 55.1 Å². The number of fused-ring (bicyclic) bond motifs is 4. The molecule has 4 bridgehead atoms. The van der Waals surface area contributed by atoms with Gasteiger partial charge in [0.05, 0.1) is 18.7 Å². The van der Waals surface area contributed by atoms with Crippen molar-refractivity contribution >= 4 is 10.9 Å². The molecule has 0 radical (unpaired) electrons. The molecule has 8 rings (SSSR count). The van der Waals surface area contributed by atoms with Gasteiger partial charge in [0.25, 0.3) is 0 Å². The average Bonchev–Trinajstić information content (AvgIpc) is 3.29. The molecule has 2 aromatic rings. The molecule has 1 aliphatic carbocycles. The largest absolute Gasteiger partial charge is 0.462 e. The summed E-state index contributed by atoms with van der Waals surface area (Å²) in [5.41, 5.74) is 2.80. The highest BCUT2D eigenvalue weighted by Crippen LogP contribution is 2.53. The third kappa shape index (κ3) is 4.71. The van der Waals surface area contributed by atoms with Crippen molar-refractivity contribution in [3.8, 4) is 5.75 Å². The van der Waals surface area contributed by atoms with Crippen LogP contribution in [0.4, 0.5) is 0 Å². The lowest BCUT2D eigenvalue weighted by Gasteiger charge is -2.54. The molecular formula is C31H44N2O11. The number of ether oxygens (including phenoxy) is 3. The van der Waals surface area contributed by atoms with E-state index in [9.17, 15) is 40.9 Å². The van der Waals surface area contributed by atoms with E-state index in [1.54, 1.807) is 12.1 Å². The molecule has 44 heavy (non-hydrogen) atoms. The van der Waals surface area contributed by atoms with Gasteiger partial charge in [0.15, 0.2) is 6.23 Å². The van der Waals surface area contributed by atoms with E-state index in [0.29, 0.717) is 23.6 Å². The maximum absolute atomic E-state index is 11.3. The number of aromatic nitrogens is 1. The van der Waals surface area contributed by atoms with E-state index in [1.165, 1.54) is 6.42 Å². The molecule has 6 unspecified atom stereocenters. The Morgan fingerprint density at radius 2 is 1.57 bits per heavy atom. The van der Waals surface area contributed by atoms with Gasteiger partial charge in [-0.1, -0.05) is 13.3 Å². The van der Waals surface area contributed by atoms with Gasteiger partial charge in [0.1, 0.15) is 54.6 Å². The summed E-state index contributed by atoms with van der Waals surface area (Å²) in [5, 5.41) is 84.0. The predicted molar refractivity (Wildman–Crippen MR) is 154 cm³/mol. The number of hydrogen-bond donors (Lipinski definition) is 8. The molecule has 6 aliphatic rings. The van der Waals surface area contributed by atoms with Crippen molar-refractivity contribution in [2.24, 2.45) is 11.8 Å². The lowest BCUT2D eigenvalue weighted by molar-refractivity contribution is -0.277. The number of rotatable bonds is 6. The molecule has 13 heteroatoms. The Morgan fingerprint density at radius 1 is 0.864 bits per heavy atom. The molecule has 15 atom stereocenters. The molecule has 5 fully saturated rings. The summed E-state index contributed by atoms with van der Waals surface area (Å²) in [6.07, 6.45) is -9.75. The second-order valence-electron chi connectivity index (χ2n) is 13.3. The lowest BCUT2D eigenvalue weighted by Crippen LogP contribution is -2.60. The summed E-state index contributed by atoms with van der Waals surface area (Å²) in [6, 6.07) is 5.60. The summed E-state index contributed by atoms with van der Waals surface area (Å²) in [6.45, 7) is 3.03. The minimum Gasteiger partial charge on any atom is -0.462 e. The van der Waals surface area contributed by atoms with Crippen molar-refractivity contribution in [2.45, 2.75) is 106 Å². The van der Waals surface area contributed by atoms with Gasteiger partial charge in [-0.2, -0.15) is 0 Å². The van der Waals surface area contributed by atoms with E-state index in [0.717, 1.165) is 54.5 Å². The van der Waals surface area contributed by atoms with Gasteiger partial charge in [-0.3, -0.25) is 4.90 Å². The van der Waals surface area contributed by atoms with Crippen LogP contribution in [0.3, 0.4) is 0 Å². The van der Waals surface area contributed by atoms with E-state index in [2.05, 4.69) is 11.8 Å². The van der Waals surface area contributed by atoms with Gasteiger partial charge in [-0.15, -0.1) is 0 Å². The van der Waals surface area contributed by atoms with Gasteiger partial charge in [-0.25, -0.2) is 0 Å². The van der Waals surface area contributed by atoms with Crippen molar-refractivity contribution in [3.63, 3.8) is 0 Å². The third-order valence-corrected chi connectivity index (χ3v) is 10.9. The van der Waals surface area contributed by atoms with Crippen LogP contribution >= 0.6 is 0 Å². The number of piperidine rings is 2. The molecule has 1 saturated carbocycles. The second kappa shape index (κ2) is 11.7. The zero-order chi connectivity index (χ0) is 31.0. The van der Waals surface area contributed by atoms with E-state index in [4.69, 9.17) is 14.2 Å². The first-order valence-electron chi connectivity index (χ1n) is 15.8. The monoisotopic (exact) mass is 620 g/mol. The van der Waals surface area contributed by atoms with Gasteiger partial charge in [0, 0.05) is 36.1 Å². The van der Waals surface area contributed by atoms with Crippen LogP contribution < -0.4 is 4.74 Å². The molecule has 5 aliphatic heterocycles. The van der Waals surface area contributed by atoms with E-state index >= 15 is 0 Å². The number of nitrogens with zero attached hydrogens (tertiary/aromatic N) is 2. The smallest absolute Gasteiger partial charge is 0.229 e. The SMILES string of the molecule is CC[C@H]1C[C@H]2C[C@H]3c4c(c5cc(O[C@H]6OC(CO)[C@@H](O)[C@H](O)C6O)ccc5n4[C@H]4O[C@@H](CO)C(O)[C@H](O)C4O)CCN(C2)C13. The first kappa shape index (κ1) is 30.8. The predicted octanol–water partition coefficient (Wildman–Crippen LogP) is -1.45. The summed E-state index contributed by atoms with van der Waals surface area (Å²) in [5.74, 6) is 1.52. The Labute approximate surface area is 254 Å². The van der Waals surface area contributed by atoms with E-state index in [1.807, 2.05) is 10.6 Å². The van der Waals surface area contributed by atoms with Crippen LogP contribution in [0.25, 0.3) is 10.9 Å². The number of hydrogen-bond acceptors (Lipinski definition) is 12. The van der Waals surface area contributed by atoms with Crippen LogP contribution in [0.2, 0.25) is 0 Å². The van der Waals surface area contributed by atoms with E-state index in [-0.39, 0.29) is 5.92 Å². The van der Waals surface area contributed by atoms with Crippen molar-refractivity contribution in [1.29, 1.82) is 0 Å². The Balaban J connectivity index is 1.34. The first-order chi connectivity index (χ1) is 21.2. The summed E-state index contributed by atoms with van der Waals surface area (Å²) >= 11 is 0. The van der Waals surface area contributed by atoms with Crippen molar-refractivity contribution in [3.05, 3.63) is 29.5 Å². The molecular weight excluding hydrogens is 576 g/mol. The fourth-order valence-electron chi connectivity index (χ4n) is 8.81. The third-order valence-electron chi connectivity index (χ3n) is 10.9. The minimum absolute atomic E-state index is 0.138. The first-order valence-corrected chi connectivity index (χ1v) is 15.8. The van der Waals surface area contributed by atoms with Crippen LogP contribution in [-0.2, 0) is 15.9 Å². The summed E-state index contributed by atoms with van der Waals surface area (Å²) in [7, 11) is 0. The highest BCUT2D eigenvalue weighted by Gasteiger charge is 2.52. The van der Waals surface area contributed by atoms with Crippen LogP contribution in [0.5, 0.6) is 5.75 Å². The molecule has 244 valence electrons. The molecule has 6 heterocycles. The molecule has 1 aromatic heterocycles. The quantitative estimate of drug-likeness (QED) is 0.187. The van der Waals surface area contributed by atoms with Gasteiger partial charge in [-0.05, 0) is 54.9 Å². The lowest BCUT2D eigenvalue weighted by atomic mass is 9.65. The highest BCUT2D eigenvalue weighted by atomic mass is 16.7. The number of aliphatic hydroxyl groups excluding tert-OH is 8. The maximum atomic E-state index is 11.3. The summed E-state index contributed by atoms with van der Waals surface area (Å²) < 4.78 is 19.7. The van der Waals surface area contributed by atoms with Crippen molar-refractivity contribution in [2.75, 3.05) is 26.3 Å². The van der Waals surface area contributed by atoms with Crippen LogP contribution in [0, 0.1) is 11.8 Å². The Bertz CT molecular complexity index is 1350. The van der Waals surface area contributed by atoms with Gasteiger partial charge < -0.3 is 59.6 Å². The molecule has 0 spiro atoms. The zero-order valence-corrected chi connectivity index (χ0v) is 24.7. The van der Waals surface area contributed by atoms with Gasteiger partial charge >= 0.3 is 0 Å². The number of aliphatic hydroxyl groups is 8. The highest BCUT2D eigenvalue weighted by molar-refractivity contribution is 5.87. The van der Waals surface area contributed by atoms with Crippen LogP contribution in [-0.4, -0.2) is 138 Å². The zero-order valence-electron chi connectivity index (χ0n) is 24.7. The second-order valence-corrected chi connectivity index (χ2v) is 13.3. The van der Waals surface area contributed by atoms with Crippen LogP contribution in [0.15, 0.2) is 18.2 Å². The average molecular weight is 621 g/mol. The topological polar surface area (TPSA) is 198 Å². The molecule has 8 N–H and O–H groups in total. The summed E-state index contributed by atoms with van der Waals surface area (Å²) in [4.78, 5) is 2.59. The maximum Gasteiger partial charge on any atom is 0.229 e.